The molecule has 0 spiro atoms. The van der Waals surface area contributed by atoms with Gasteiger partial charge in [0.2, 0.25) is 5.43 Å². The number of nitrogens with zero attached hydrogens (tertiary/aromatic N) is 1. The van der Waals surface area contributed by atoms with E-state index in [9.17, 15) is 19.1 Å². The largest absolute Gasteiger partial charge is 0.503 e. The van der Waals surface area contributed by atoms with Crippen LogP contribution in [-0.4, -0.2) is 27.4 Å². The molecule has 1 aromatic heterocycles. The minimum atomic E-state index is -0.658. The van der Waals surface area contributed by atoms with E-state index in [0.29, 0.717) is 30.8 Å². The first-order valence-electron chi connectivity index (χ1n) is 7.63. The minimum absolute atomic E-state index is 0.0197. The molecule has 5 nitrogen and oxygen atoms in total. The number of benzene rings is 1. The lowest BCUT2D eigenvalue weighted by molar-refractivity contribution is 0.0722. The van der Waals surface area contributed by atoms with Crippen LogP contribution < -0.4 is 5.43 Å². The van der Waals surface area contributed by atoms with Crippen LogP contribution in [0, 0.1) is 5.82 Å². The number of aromatic nitrogens is 1. The van der Waals surface area contributed by atoms with Crippen LogP contribution in [0.1, 0.15) is 27.3 Å². The first-order chi connectivity index (χ1) is 11.5. The van der Waals surface area contributed by atoms with Gasteiger partial charge in [-0.05, 0) is 17.7 Å². The molecule has 1 aromatic carbocycles. The van der Waals surface area contributed by atoms with Crippen molar-refractivity contribution in [1.82, 2.24) is 9.88 Å². The molecule has 0 radical (unpaired) electrons. The summed E-state index contributed by atoms with van der Waals surface area (Å²) >= 11 is 0. The highest BCUT2D eigenvalue weighted by molar-refractivity contribution is 5.96. The van der Waals surface area contributed by atoms with Crippen LogP contribution >= 0.6 is 0 Å². The Morgan fingerprint density at radius 2 is 2.00 bits per heavy atom. The molecule has 0 fully saturated rings. The third-order valence-electron chi connectivity index (χ3n) is 4.10. The molecule has 2 N–H and O–H groups in total. The summed E-state index contributed by atoms with van der Waals surface area (Å²) in [4.78, 5) is 29.5. The lowest BCUT2D eigenvalue weighted by atomic mass is 10.0. The second kappa shape index (κ2) is 6.31. The van der Waals surface area contributed by atoms with Gasteiger partial charge in [-0.25, -0.2) is 4.39 Å². The maximum atomic E-state index is 13.0. The standard InChI is InChI=1S/C18H17FN2O3/c1-2-3-14-16(22)17(23)15-13(20-14)8-9-21(18(15)24)10-11-4-6-12(19)7-5-11/h2,4-7,22H,1,3,8-10H2,(H,20,23). The number of nitrogens with one attached hydrogen (secondary N) is 1. The van der Waals surface area contributed by atoms with Crippen LogP contribution in [-0.2, 0) is 19.4 Å². The van der Waals surface area contributed by atoms with Crippen LogP contribution in [0.2, 0.25) is 0 Å². The van der Waals surface area contributed by atoms with Crippen molar-refractivity contribution < 1.29 is 14.3 Å². The molecular formula is C18H17FN2O3. The molecule has 0 unspecified atom stereocenters. The first kappa shape index (κ1) is 16.0. The number of allylic oxidation sites excluding steroid dienone is 1. The highest BCUT2D eigenvalue weighted by Gasteiger charge is 2.29. The van der Waals surface area contributed by atoms with E-state index >= 15 is 0 Å². The fourth-order valence-electron chi connectivity index (χ4n) is 2.87. The molecule has 1 amide bonds. The lowest BCUT2D eigenvalue weighted by Crippen LogP contribution is -2.41. The van der Waals surface area contributed by atoms with E-state index in [4.69, 9.17) is 0 Å². The van der Waals surface area contributed by atoms with Crippen molar-refractivity contribution in [2.75, 3.05) is 6.54 Å². The first-order valence-corrected chi connectivity index (χ1v) is 7.63. The zero-order valence-electron chi connectivity index (χ0n) is 13.0. The van der Waals surface area contributed by atoms with E-state index in [2.05, 4.69) is 11.6 Å². The number of pyridine rings is 1. The molecule has 24 heavy (non-hydrogen) atoms. The van der Waals surface area contributed by atoms with Gasteiger partial charge in [0.1, 0.15) is 11.4 Å². The van der Waals surface area contributed by atoms with E-state index < -0.39 is 17.1 Å². The van der Waals surface area contributed by atoms with Crippen molar-refractivity contribution in [2.45, 2.75) is 19.4 Å². The topological polar surface area (TPSA) is 73.4 Å². The van der Waals surface area contributed by atoms with Crippen LogP contribution in [0.3, 0.4) is 0 Å². The van der Waals surface area contributed by atoms with E-state index in [-0.39, 0.29) is 17.9 Å². The summed E-state index contributed by atoms with van der Waals surface area (Å²) in [5.74, 6) is -1.21. The average Bonchev–Trinajstić information content (AvgIpc) is 2.57. The number of halogens is 1. The number of hydrogen-bond donors (Lipinski definition) is 2. The Bertz CT molecular complexity index is 856. The summed E-state index contributed by atoms with van der Waals surface area (Å²) in [6, 6.07) is 5.87. The molecule has 0 bridgehead atoms. The van der Waals surface area contributed by atoms with E-state index in [0.717, 1.165) is 5.56 Å². The monoisotopic (exact) mass is 328 g/mol. The van der Waals surface area contributed by atoms with Crippen molar-refractivity contribution >= 4 is 5.91 Å². The van der Waals surface area contributed by atoms with E-state index in [1.807, 2.05) is 0 Å². The maximum Gasteiger partial charge on any atom is 0.260 e. The van der Waals surface area contributed by atoms with Crippen LogP contribution in [0.25, 0.3) is 0 Å². The van der Waals surface area contributed by atoms with Gasteiger partial charge in [0, 0.05) is 31.6 Å². The molecule has 1 aliphatic rings. The second-order valence-electron chi connectivity index (χ2n) is 5.73. The molecule has 2 aromatic rings. The molecule has 3 rings (SSSR count). The van der Waals surface area contributed by atoms with Crippen molar-refractivity contribution in [3.8, 4) is 5.75 Å². The summed E-state index contributed by atoms with van der Waals surface area (Å²) in [7, 11) is 0. The van der Waals surface area contributed by atoms with Crippen molar-refractivity contribution in [3.05, 3.63) is 75.5 Å². The Kier molecular flexibility index (Phi) is 4.20. The van der Waals surface area contributed by atoms with Crippen LogP contribution in [0.15, 0.2) is 41.7 Å². The minimum Gasteiger partial charge on any atom is -0.503 e. The third-order valence-corrected chi connectivity index (χ3v) is 4.10. The molecule has 0 saturated heterocycles. The van der Waals surface area contributed by atoms with Gasteiger partial charge < -0.3 is 15.0 Å². The number of aromatic hydroxyl groups is 1. The van der Waals surface area contributed by atoms with Gasteiger partial charge in [-0.3, -0.25) is 9.59 Å². The lowest BCUT2D eigenvalue weighted by Gasteiger charge is -2.28. The number of hydrogen-bond acceptors (Lipinski definition) is 3. The molecule has 0 atom stereocenters. The summed E-state index contributed by atoms with van der Waals surface area (Å²) in [5.41, 5.74) is 1.00. The number of rotatable bonds is 4. The molecule has 0 aliphatic carbocycles. The number of carbonyl (C=O) groups excluding carboxylic acids is 1. The fraction of sp³-hybridized carbons (Fsp3) is 0.222. The summed E-state index contributed by atoms with van der Waals surface area (Å²) < 4.78 is 13.0. The van der Waals surface area contributed by atoms with Crippen molar-refractivity contribution in [3.63, 3.8) is 0 Å². The molecule has 1 aliphatic heterocycles. The second-order valence-corrected chi connectivity index (χ2v) is 5.73. The Balaban J connectivity index is 1.92. The summed E-state index contributed by atoms with van der Waals surface area (Å²) in [6.07, 6.45) is 2.38. The normalized spacial score (nSPS) is 13.7. The molecule has 0 saturated carbocycles. The van der Waals surface area contributed by atoms with Crippen LogP contribution in [0.5, 0.6) is 5.75 Å². The van der Waals surface area contributed by atoms with Gasteiger partial charge in [-0.1, -0.05) is 18.2 Å². The number of fused-ring (bicyclic) bond motifs is 1. The summed E-state index contributed by atoms with van der Waals surface area (Å²) in [6.45, 7) is 4.31. The van der Waals surface area contributed by atoms with Gasteiger partial charge in [-0.15, -0.1) is 6.58 Å². The van der Waals surface area contributed by atoms with Crippen molar-refractivity contribution in [1.29, 1.82) is 0 Å². The highest BCUT2D eigenvalue weighted by atomic mass is 19.1. The summed E-state index contributed by atoms with van der Waals surface area (Å²) in [5, 5.41) is 10.0. The fourth-order valence-corrected chi connectivity index (χ4v) is 2.87. The smallest absolute Gasteiger partial charge is 0.260 e. The van der Waals surface area contributed by atoms with Gasteiger partial charge in [0.25, 0.3) is 5.91 Å². The Hall–Kier alpha value is -2.89. The highest BCUT2D eigenvalue weighted by Crippen LogP contribution is 2.21. The zero-order chi connectivity index (χ0) is 17.3. The maximum absolute atomic E-state index is 13.0. The number of H-pyrrole nitrogens is 1. The van der Waals surface area contributed by atoms with Gasteiger partial charge in [0.15, 0.2) is 5.75 Å². The molecule has 2 heterocycles. The number of amides is 1. The molecular weight excluding hydrogens is 311 g/mol. The predicted molar refractivity (Wildman–Crippen MR) is 87.5 cm³/mol. The predicted octanol–water partition coefficient (Wildman–Crippen LogP) is 2.15. The SMILES string of the molecule is C=CCc1[nH]c2c(c(=O)c1O)C(=O)N(Cc1ccc(F)cc1)CC2. The Morgan fingerprint density at radius 1 is 1.29 bits per heavy atom. The third kappa shape index (κ3) is 2.82. The Labute approximate surface area is 138 Å². The quantitative estimate of drug-likeness (QED) is 0.845. The van der Waals surface area contributed by atoms with Gasteiger partial charge >= 0.3 is 0 Å². The van der Waals surface area contributed by atoms with Gasteiger partial charge in [-0.2, -0.15) is 0 Å². The average molecular weight is 328 g/mol. The molecule has 6 heteroatoms. The number of carbonyl (C=O) groups is 1. The van der Waals surface area contributed by atoms with E-state index in [1.54, 1.807) is 18.2 Å². The molecule has 124 valence electrons. The Morgan fingerprint density at radius 3 is 2.67 bits per heavy atom. The van der Waals surface area contributed by atoms with E-state index in [1.165, 1.54) is 17.0 Å². The van der Waals surface area contributed by atoms with Crippen molar-refractivity contribution in [2.24, 2.45) is 0 Å². The van der Waals surface area contributed by atoms with Gasteiger partial charge in [0.05, 0.1) is 5.69 Å². The number of aromatic amines is 1. The zero-order valence-corrected chi connectivity index (χ0v) is 13.0. The van der Waals surface area contributed by atoms with Crippen LogP contribution in [0.4, 0.5) is 4.39 Å².